The molecular formula is C19H24N4O3S. The number of hydrogen-bond donors (Lipinski definition) is 1. The molecular weight excluding hydrogens is 364 g/mol. The molecule has 0 saturated carbocycles. The van der Waals surface area contributed by atoms with Gasteiger partial charge in [0.05, 0.1) is 14.7 Å². The quantitative estimate of drug-likeness (QED) is 0.625. The van der Waals surface area contributed by atoms with Crippen molar-refractivity contribution in [2.45, 2.75) is 20.8 Å². The van der Waals surface area contributed by atoms with E-state index in [2.05, 4.69) is 28.1 Å². The first-order chi connectivity index (χ1) is 12.9. The van der Waals surface area contributed by atoms with E-state index in [0.29, 0.717) is 9.75 Å². The molecule has 1 amide bonds. The van der Waals surface area contributed by atoms with Gasteiger partial charge in [0.25, 0.3) is 11.6 Å². The second kappa shape index (κ2) is 8.06. The molecule has 144 valence electrons. The second-order valence-electron chi connectivity index (χ2n) is 6.68. The number of benzene rings is 1. The third-order valence-corrected chi connectivity index (χ3v) is 5.99. The fourth-order valence-corrected chi connectivity index (χ4v) is 4.14. The molecule has 0 bridgehead atoms. The Kier molecular flexibility index (Phi) is 5.76. The Morgan fingerprint density at radius 3 is 2.48 bits per heavy atom. The molecule has 3 rings (SSSR count). The third-order valence-electron chi connectivity index (χ3n) is 4.95. The molecule has 2 heterocycles. The Balaban J connectivity index is 1.70. The Labute approximate surface area is 162 Å². The van der Waals surface area contributed by atoms with Crippen molar-refractivity contribution in [3.63, 3.8) is 0 Å². The van der Waals surface area contributed by atoms with Crippen LogP contribution in [0.15, 0.2) is 24.3 Å². The highest BCUT2D eigenvalue weighted by atomic mass is 32.1. The van der Waals surface area contributed by atoms with Gasteiger partial charge in [-0.15, -0.1) is 11.3 Å². The van der Waals surface area contributed by atoms with Crippen molar-refractivity contribution < 1.29 is 9.72 Å². The summed E-state index contributed by atoms with van der Waals surface area (Å²) in [6.07, 6.45) is 0. The highest BCUT2D eigenvalue weighted by Crippen LogP contribution is 2.29. The molecule has 1 aliphatic rings. The number of likely N-dealkylation sites (N-methyl/N-ethyl adjacent to an activating group) is 1. The first kappa shape index (κ1) is 19.3. The largest absolute Gasteiger partial charge is 0.369 e. The minimum atomic E-state index is -0.457. The van der Waals surface area contributed by atoms with Gasteiger partial charge in [-0.1, -0.05) is 6.92 Å². The Bertz CT molecular complexity index is 857. The fraction of sp³-hybridized carbons (Fsp3) is 0.421. The summed E-state index contributed by atoms with van der Waals surface area (Å²) in [7, 11) is 0. The summed E-state index contributed by atoms with van der Waals surface area (Å²) in [4.78, 5) is 28.6. The molecule has 0 atom stereocenters. The number of carbonyl (C=O) groups excluding carboxylic acids is 1. The molecule has 27 heavy (non-hydrogen) atoms. The van der Waals surface area contributed by atoms with Gasteiger partial charge in [-0.2, -0.15) is 0 Å². The van der Waals surface area contributed by atoms with E-state index in [9.17, 15) is 14.9 Å². The van der Waals surface area contributed by atoms with Crippen molar-refractivity contribution in [2.24, 2.45) is 0 Å². The number of hydrogen-bond acceptors (Lipinski definition) is 6. The molecule has 1 fully saturated rings. The highest BCUT2D eigenvalue weighted by Gasteiger charge is 2.20. The maximum Gasteiger partial charge on any atom is 0.283 e. The van der Waals surface area contributed by atoms with Crippen LogP contribution in [0.5, 0.6) is 0 Å². The predicted octanol–water partition coefficient (Wildman–Crippen LogP) is 3.67. The summed E-state index contributed by atoms with van der Waals surface area (Å²) in [6.45, 7) is 11.0. The van der Waals surface area contributed by atoms with Crippen LogP contribution in [0, 0.1) is 24.0 Å². The lowest BCUT2D eigenvalue weighted by molar-refractivity contribution is -0.385. The summed E-state index contributed by atoms with van der Waals surface area (Å²) in [5.41, 5.74) is 2.85. The van der Waals surface area contributed by atoms with Crippen molar-refractivity contribution in [3.8, 4) is 0 Å². The number of amides is 1. The SMILES string of the molecule is CCN1CCN(c2ccc(NC(=O)c3cc([N+](=O)[O-])c(C)s3)c(C)c2)CC1. The monoisotopic (exact) mass is 388 g/mol. The zero-order valence-electron chi connectivity index (χ0n) is 15.8. The number of aryl methyl sites for hydroxylation is 2. The molecule has 2 aromatic rings. The van der Waals surface area contributed by atoms with E-state index in [1.165, 1.54) is 6.07 Å². The molecule has 1 aliphatic heterocycles. The zero-order chi connectivity index (χ0) is 19.6. The van der Waals surface area contributed by atoms with Crippen LogP contribution in [0.25, 0.3) is 0 Å². The van der Waals surface area contributed by atoms with Gasteiger partial charge >= 0.3 is 0 Å². The lowest BCUT2D eigenvalue weighted by Crippen LogP contribution is -2.46. The molecule has 8 heteroatoms. The van der Waals surface area contributed by atoms with Crippen molar-refractivity contribution in [1.82, 2.24) is 4.90 Å². The topological polar surface area (TPSA) is 78.7 Å². The average Bonchev–Trinajstić information content (AvgIpc) is 3.05. The van der Waals surface area contributed by atoms with E-state index >= 15 is 0 Å². The molecule has 0 spiro atoms. The molecule has 7 nitrogen and oxygen atoms in total. The van der Waals surface area contributed by atoms with E-state index < -0.39 is 4.92 Å². The fourth-order valence-electron chi connectivity index (χ4n) is 3.26. The zero-order valence-corrected chi connectivity index (χ0v) is 16.6. The van der Waals surface area contributed by atoms with Gasteiger partial charge in [-0.25, -0.2) is 0 Å². The van der Waals surface area contributed by atoms with E-state index in [1.54, 1.807) is 6.92 Å². The third kappa shape index (κ3) is 4.28. The first-order valence-corrected chi connectivity index (χ1v) is 9.84. The van der Waals surface area contributed by atoms with E-state index in [-0.39, 0.29) is 11.6 Å². The number of rotatable bonds is 5. The van der Waals surface area contributed by atoms with Crippen LogP contribution in [0.1, 0.15) is 27.0 Å². The van der Waals surface area contributed by atoms with Crippen LogP contribution >= 0.6 is 11.3 Å². The molecule has 1 saturated heterocycles. The summed E-state index contributed by atoms with van der Waals surface area (Å²) < 4.78 is 0. The van der Waals surface area contributed by atoms with Crippen molar-refractivity contribution in [1.29, 1.82) is 0 Å². The standard InChI is InChI=1S/C19H24N4O3S/c1-4-21-7-9-22(10-8-21)15-5-6-16(13(2)11-15)20-19(24)18-12-17(23(25)26)14(3)27-18/h5-6,11-12H,4,7-10H2,1-3H3,(H,20,24). The van der Waals surface area contributed by atoms with Crippen LogP contribution in [0.4, 0.5) is 17.1 Å². The van der Waals surface area contributed by atoms with E-state index in [4.69, 9.17) is 0 Å². The molecule has 1 aromatic carbocycles. The number of thiophene rings is 1. The van der Waals surface area contributed by atoms with E-state index in [0.717, 1.165) is 61.0 Å². The lowest BCUT2D eigenvalue weighted by Gasteiger charge is -2.35. The van der Waals surface area contributed by atoms with Crippen LogP contribution < -0.4 is 10.2 Å². The Morgan fingerprint density at radius 2 is 1.93 bits per heavy atom. The molecule has 0 aliphatic carbocycles. The van der Waals surface area contributed by atoms with Gasteiger partial charge < -0.3 is 15.1 Å². The van der Waals surface area contributed by atoms with Gasteiger partial charge in [0.15, 0.2) is 0 Å². The van der Waals surface area contributed by atoms with E-state index in [1.807, 2.05) is 19.1 Å². The summed E-state index contributed by atoms with van der Waals surface area (Å²) in [6, 6.07) is 7.35. The Morgan fingerprint density at radius 1 is 1.22 bits per heavy atom. The summed E-state index contributed by atoms with van der Waals surface area (Å²) in [5.74, 6) is -0.316. The van der Waals surface area contributed by atoms with Gasteiger partial charge in [0.2, 0.25) is 0 Å². The number of nitrogens with zero attached hydrogens (tertiary/aromatic N) is 3. The van der Waals surface area contributed by atoms with Crippen LogP contribution in [0.3, 0.4) is 0 Å². The maximum atomic E-state index is 12.5. The van der Waals surface area contributed by atoms with Crippen molar-refractivity contribution in [3.05, 3.63) is 49.7 Å². The van der Waals surface area contributed by atoms with Gasteiger partial charge in [0, 0.05) is 43.6 Å². The van der Waals surface area contributed by atoms with Gasteiger partial charge in [-0.3, -0.25) is 14.9 Å². The summed E-state index contributed by atoms with van der Waals surface area (Å²) in [5, 5.41) is 13.8. The van der Waals surface area contributed by atoms with Crippen LogP contribution in [-0.2, 0) is 0 Å². The Hall–Kier alpha value is -2.45. The van der Waals surface area contributed by atoms with Crippen LogP contribution in [-0.4, -0.2) is 48.5 Å². The highest BCUT2D eigenvalue weighted by molar-refractivity contribution is 7.14. The number of anilines is 2. The molecule has 0 unspecified atom stereocenters. The lowest BCUT2D eigenvalue weighted by atomic mass is 10.1. The first-order valence-electron chi connectivity index (χ1n) is 9.03. The minimum absolute atomic E-state index is 0.0107. The van der Waals surface area contributed by atoms with Crippen LogP contribution in [0.2, 0.25) is 0 Å². The minimum Gasteiger partial charge on any atom is -0.369 e. The summed E-state index contributed by atoms with van der Waals surface area (Å²) >= 11 is 1.14. The normalized spacial score (nSPS) is 15.0. The van der Waals surface area contributed by atoms with Gasteiger partial charge in [0.1, 0.15) is 0 Å². The van der Waals surface area contributed by atoms with Gasteiger partial charge in [-0.05, 0) is 44.2 Å². The number of nitro groups is 1. The number of nitrogens with one attached hydrogen (secondary N) is 1. The number of piperazine rings is 1. The molecule has 1 N–H and O–H groups in total. The number of carbonyl (C=O) groups is 1. The second-order valence-corrected chi connectivity index (χ2v) is 7.94. The molecule has 0 radical (unpaired) electrons. The predicted molar refractivity (Wildman–Crippen MR) is 109 cm³/mol. The van der Waals surface area contributed by atoms with Crippen molar-refractivity contribution in [2.75, 3.05) is 42.9 Å². The smallest absolute Gasteiger partial charge is 0.283 e. The maximum absolute atomic E-state index is 12.5. The van der Waals surface area contributed by atoms with Crippen molar-refractivity contribution >= 4 is 34.3 Å². The average molecular weight is 388 g/mol. The molecule has 1 aromatic heterocycles.